The van der Waals surface area contributed by atoms with Crippen molar-refractivity contribution < 1.29 is 18.3 Å². The molecule has 0 saturated heterocycles. The van der Waals surface area contributed by atoms with Gasteiger partial charge in [0.15, 0.2) is 0 Å². The number of ether oxygens (including phenoxy) is 1. The first kappa shape index (κ1) is 17.3. The molecule has 6 heteroatoms. The molecule has 23 heavy (non-hydrogen) atoms. The van der Waals surface area contributed by atoms with Gasteiger partial charge < -0.3 is 9.84 Å². The van der Waals surface area contributed by atoms with Crippen molar-refractivity contribution in [3.8, 4) is 5.75 Å². The Kier molecular flexibility index (Phi) is 4.97. The predicted molar refractivity (Wildman–Crippen MR) is 90.4 cm³/mol. The molecule has 0 spiro atoms. The summed E-state index contributed by atoms with van der Waals surface area (Å²) in [7, 11) is -2.14. The van der Waals surface area contributed by atoms with Crippen LogP contribution in [0.15, 0.2) is 35.2 Å². The van der Waals surface area contributed by atoms with Gasteiger partial charge in [-0.2, -0.15) is 0 Å². The van der Waals surface area contributed by atoms with Gasteiger partial charge in [0.1, 0.15) is 5.75 Å². The third-order valence-corrected chi connectivity index (χ3v) is 5.53. The molecule has 0 radical (unpaired) electrons. The maximum Gasteiger partial charge on any atom is 0.262 e. The topological polar surface area (TPSA) is 75.6 Å². The summed E-state index contributed by atoms with van der Waals surface area (Å²) in [6.07, 6.45) is 0. The van der Waals surface area contributed by atoms with Crippen LogP contribution >= 0.6 is 0 Å². The molecule has 0 aliphatic rings. The molecule has 124 valence electrons. The fourth-order valence-electron chi connectivity index (χ4n) is 2.53. The van der Waals surface area contributed by atoms with Crippen molar-refractivity contribution in [2.45, 2.75) is 32.3 Å². The zero-order valence-corrected chi connectivity index (χ0v) is 14.5. The molecule has 5 nitrogen and oxygen atoms in total. The van der Waals surface area contributed by atoms with E-state index in [1.807, 2.05) is 6.92 Å². The maximum atomic E-state index is 12.7. The first-order chi connectivity index (χ1) is 10.8. The molecule has 2 aromatic carbocycles. The average molecular weight is 335 g/mol. The van der Waals surface area contributed by atoms with Gasteiger partial charge in [-0.15, -0.1) is 0 Å². The number of methoxy groups -OCH3 is 1. The monoisotopic (exact) mass is 335 g/mol. The van der Waals surface area contributed by atoms with E-state index >= 15 is 0 Å². The molecule has 0 unspecified atom stereocenters. The van der Waals surface area contributed by atoms with Crippen molar-refractivity contribution >= 4 is 15.7 Å². The van der Waals surface area contributed by atoms with Crippen LogP contribution in [0, 0.1) is 20.8 Å². The quantitative estimate of drug-likeness (QED) is 0.881. The van der Waals surface area contributed by atoms with E-state index in [-0.39, 0.29) is 11.5 Å². The van der Waals surface area contributed by atoms with Crippen LogP contribution in [-0.4, -0.2) is 20.6 Å². The van der Waals surface area contributed by atoms with Crippen LogP contribution in [0.1, 0.15) is 22.3 Å². The molecule has 0 heterocycles. The molecule has 0 aliphatic heterocycles. The van der Waals surface area contributed by atoms with E-state index in [2.05, 4.69) is 4.72 Å². The minimum Gasteiger partial charge on any atom is -0.496 e. The lowest BCUT2D eigenvalue weighted by Crippen LogP contribution is -2.16. The largest absolute Gasteiger partial charge is 0.496 e. The van der Waals surface area contributed by atoms with Crippen molar-refractivity contribution in [1.29, 1.82) is 0 Å². The van der Waals surface area contributed by atoms with Crippen molar-refractivity contribution in [1.82, 2.24) is 0 Å². The van der Waals surface area contributed by atoms with Gasteiger partial charge in [0, 0.05) is 5.69 Å². The second-order valence-electron chi connectivity index (χ2n) is 5.44. The minimum absolute atomic E-state index is 0.0804. The Balaban J connectivity index is 2.45. The van der Waals surface area contributed by atoms with E-state index in [1.165, 1.54) is 0 Å². The van der Waals surface area contributed by atoms with Gasteiger partial charge in [0.05, 0.1) is 18.6 Å². The highest BCUT2D eigenvalue weighted by Crippen LogP contribution is 2.31. The molecule has 2 N–H and O–H groups in total. The van der Waals surface area contributed by atoms with E-state index in [9.17, 15) is 8.42 Å². The summed E-state index contributed by atoms with van der Waals surface area (Å²) in [5.41, 5.74) is 3.27. The lowest BCUT2D eigenvalue weighted by molar-refractivity contribution is 0.282. The van der Waals surface area contributed by atoms with Crippen molar-refractivity contribution in [3.05, 3.63) is 52.6 Å². The smallest absolute Gasteiger partial charge is 0.262 e. The van der Waals surface area contributed by atoms with Gasteiger partial charge in [-0.1, -0.05) is 12.1 Å². The highest BCUT2D eigenvalue weighted by Gasteiger charge is 2.22. The molecular formula is C17H21NO4S. The third kappa shape index (κ3) is 3.48. The molecule has 0 atom stereocenters. The number of anilines is 1. The van der Waals surface area contributed by atoms with E-state index in [4.69, 9.17) is 9.84 Å². The average Bonchev–Trinajstić information content (AvgIpc) is 2.51. The Morgan fingerprint density at radius 1 is 1.09 bits per heavy atom. The number of sulfonamides is 1. The van der Waals surface area contributed by atoms with Crippen LogP contribution in [0.4, 0.5) is 5.69 Å². The molecular weight excluding hydrogens is 314 g/mol. The minimum atomic E-state index is -3.71. The summed E-state index contributed by atoms with van der Waals surface area (Å²) in [6, 6.07) is 8.34. The molecule has 2 rings (SSSR count). The SMILES string of the molecule is COc1cc(C)c(S(=O)(=O)Nc2ccc(CO)cc2)c(C)c1C. The predicted octanol–water partition coefficient (Wildman–Crippen LogP) is 2.91. The number of aryl methyl sites for hydroxylation is 1. The van der Waals surface area contributed by atoms with Gasteiger partial charge in [-0.3, -0.25) is 4.72 Å². The first-order valence-electron chi connectivity index (χ1n) is 7.17. The molecule has 0 fully saturated rings. The van der Waals surface area contributed by atoms with Gasteiger partial charge in [0.2, 0.25) is 0 Å². The molecule has 0 aromatic heterocycles. The molecule has 0 aliphatic carbocycles. The molecule has 0 bridgehead atoms. The first-order valence-corrected chi connectivity index (χ1v) is 8.66. The van der Waals surface area contributed by atoms with Gasteiger partial charge >= 0.3 is 0 Å². The van der Waals surface area contributed by atoms with E-state index < -0.39 is 10.0 Å². The number of hydrogen-bond acceptors (Lipinski definition) is 4. The molecule has 0 saturated carbocycles. The van der Waals surface area contributed by atoms with Crippen LogP contribution < -0.4 is 9.46 Å². The number of aliphatic hydroxyl groups is 1. The number of hydrogen-bond donors (Lipinski definition) is 2. The highest BCUT2D eigenvalue weighted by molar-refractivity contribution is 7.92. The Morgan fingerprint density at radius 2 is 1.70 bits per heavy atom. The van der Waals surface area contributed by atoms with Crippen LogP contribution in [-0.2, 0) is 16.6 Å². The Morgan fingerprint density at radius 3 is 2.22 bits per heavy atom. The van der Waals surface area contributed by atoms with E-state index in [0.29, 0.717) is 22.6 Å². The van der Waals surface area contributed by atoms with E-state index in [1.54, 1.807) is 51.3 Å². The maximum absolute atomic E-state index is 12.7. The van der Waals surface area contributed by atoms with Crippen molar-refractivity contribution in [3.63, 3.8) is 0 Å². The third-order valence-electron chi connectivity index (χ3n) is 3.86. The number of aliphatic hydroxyl groups excluding tert-OH is 1. The number of rotatable bonds is 5. The molecule has 0 amide bonds. The fourth-order valence-corrected chi connectivity index (χ4v) is 4.12. The van der Waals surface area contributed by atoms with Gasteiger partial charge in [-0.05, 0) is 61.2 Å². The Bertz CT molecular complexity index is 811. The summed E-state index contributed by atoms with van der Waals surface area (Å²) in [4.78, 5) is 0.266. The van der Waals surface area contributed by atoms with Crippen molar-refractivity contribution in [2.24, 2.45) is 0 Å². The summed E-state index contributed by atoms with van der Waals surface area (Å²) in [6.45, 7) is 5.28. The fraction of sp³-hybridized carbons (Fsp3) is 0.294. The van der Waals surface area contributed by atoms with Crippen LogP contribution in [0.25, 0.3) is 0 Å². The second kappa shape index (κ2) is 6.60. The summed E-state index contributed by atoms with van der Waals surface area (Å²) in [5.74, 6) is 0.672. The van der Waals surface area contributed by atoms with Crippen molar-refractivity contribution in [2.75, 3.05) is 11.8 Å². The Labute approximate surface area is 137 Å². The van der Waals surface area contributed by atoms with E-state index in [0.717, 1.165) is 11.1 Å². The zero-order chi connectivity index (χ0) is 17.2. The zero-order valence-electron chi connectivity index (χ0n) is 13.7. The van der Waals surface area contributed by atoms with Gasteiger partial charge in [-0.25, -0.2) is 8.42 Å². The standard InChI is InChI=1S/C17H21NO4S/c1-11-9-16(22-4)12(2)13(3)17(11)23(20,21)18-15-7-5-14(10-19)6-8-15/h5-9,18-19H,10H2,1-4H3. The van der Waals surface area contributed by atoms with Gasteiger partial charge in [0.25, 0.3) is 10.0 Å². The van der Waals surface area contributed by atoms with Crippen LogP contribution in [0.5, 0.6) is 5.75 Å². The lowest BCUT2D eigenvalue weighted by Gasteiger charge is -2.17. The Hall–Kier alpha value is -2.05. The van der Waals surface area contributed by atoms with Crippen LogP contribution in [0.2, 0.25) is 0 Å². The number of benzene rings is 2. The summed E-state index contributed by atoms with van der Waals surface area (Å²) in [5, 5.41) is 9.04. The molecule has 2 aromatic rings. The summed E-state index contributed by atoms with van der Waals surface area (Å²) >= 11 is 0. The lowest BCUT2D eigenvalue weighted by atomic mass is 10.1. The number of nitrogens with one attached hydrogen (secondary N) is 1. The van der Waals surface area contributed by atoms with Crippen LogP contribution in [0.3, 0.4) is 0 Å². The highest BCUT2D eigenvalue weighted by atomic mass is 32.2. The second-order valence-corrected chi connectivity index (χ2v) is 7.05. The normalized spacial score (nSPS) is 11.3. The summed E-state index contributed by atoms with van der Waals surface area (Å²) < 4.78 is 33.4.